The Bertz CT molecular complexity index is 959. The van der Waals surface area contributed by atoms with Gasteiger partial charge in [-0.05, 0) is 41.7 Å². The van der Waals surface area contributed by atoms with Crippen molar-refractivity contribution >= 4 is 28.8 Å². The monoisotopic (exact) mass is 392 g/mol. The van der Waals surface area contributed by atoms with Crippen LogP contribution in [0.25, 0.3) is 11.0 Å². The number of nitrogens with one attached hydrogen (secondary N) is 3. The largest absolute Gasteiger partial charge is 0.340 e. The minimum atomic E-state index is -0.662. The average Bonchev–Trinajstić information content (AvgIpc) is 3.13. The van der Waals surface area contributed by atoms with Gasteiger partial charge in [-0.2, -0.15) is 0 Å². The Balaban J connectivity index is 1.74. The molecule has 0 fully saturated rings. The summed E-state index contributed by atoms with van der Waals surface area (Å²) in [7, 11) is 0. The highest BCUT2D eigenvalue weighted by Crippen LogP contribution is 2.17. The maximum absolute atomic E-state index is 12.9. The summed E-state index contributed by atoms with van der Waals surface area (Å²) in [5.41, 5.74) is 3.33. The molecule has 0 spiro atoms. The highest BCUT2D eigenvalue weighted by atomic mass is 16.2. The van der Waals surface area contributed by atoms with Gasteiger partial charge in [0, 0.05) is 5.56 Å². The van der Waals surface area contributed by atoms with E-state index < -0.39 is 6.04 Å². The van der Waals surface area contributed by atoms with Gasteiger partial charge < -0.3 is 10.3 Å². The van der Waals surface area contributed by atoms with Crippen LogP contribution in [0.4, 0.5) is 5.95 Å². The van der Waals surface area contributed by atoms with Crippen LogP contribution in [-0.2, 0) is 4.79 Å². The molecule has 6 nitrogen and oxygen atoms in total. The van der Waals surface area contributed by atoms with Gasteiger partial charge in [-0.1, -0.05) is 58.4 Å². The molecule has 0 aliphatic carbocycles. The van der Waals surface area contributed by atoms with Gasteiger partial charge in [0.05, 0.1) is 11.0 Å². The van der Waals surface area contributed by atoms with Crippen LogP contribution in [0.1, 0.15) is 56.0 Å². The smallest absolute Gasteiger partial charge is 0.251 e. The van der Waals surface area contributed by atoms with Gasteiger partial charge in [0.15, 0.2) is 0 Å². The first-order chi connectivity index (χ1) is 13.9. The SMILES string of the molecule is CC[C@@H](C)[C@@H](NC(=O)c1ccc(C(C)C)cc1)C(=O)Nc1nc2ccccc2[nH]1. The van der Waals surface area contributed by atoms with Gasteiger partial charge in [0.1, 0.15) is 6.04 Å². The number of hydrogen-bond acceptors (Lipinski definition) is 3. The van der Waals surface area contributed by atoms with Crippen LogP contribution >= 0.6 is 0 Å². The van der Waals surface area contributed by atoms with Crippen molar-refractivity contribution in [3.63, 3.8) is 0 Å². The molecule has 0 radical (unpaired) electrons. The zero-order valence-corrected chi connectivity index (χ0v) is 17.3. The summed E-state index contributed by atoms with van der Waals surface area (Å²) in [6.45, 7) is 8.16. The van der Waals surface area contributed by atoms with E-state index in [0.717, 1.165) is 17.5 Å². The summed E-state index contributed by atoms with van der Waals surface area (Å²) in [5.74, 6) is 0.198. The van der Waals surface area contributed by atoms with Crippen LogP contribution in [0.3, 0.4) is 0 Å². The molecule has 1 aromatic heterocycles. The number of anilines is 1. The number of fused-ring (bicyclic) bond motifs is 1. The first-order valence-electron chi connectivity index (χ1n) is 10.1. The molecule has 6 heteroatoms. The number of para-hydroxylation sites is 2. The molecule has 3 rings (SSSR count). The predicted octanol–water partition coefficient (Wildman–Crippen LogP) is 4.47. The molecule has 3 N–H and O–H groups in total. The number of hydrogen-bond donors (Lipinski definition) is 3. The van der Waals surface area contributed by atoms with Gasteiger partial charge in [-0.15, -0.1) is 0 Å². The highest BCUT2D eigenvalue weighted by Gasteiger charge is 2.27. The highest BCUT2D eigenvalue weighted by molar-refractivity contribution is 6.01. The Morgan fingerprint density at radius 2 is 1.72 bits per heavy atom. The van der Waals surface area contributed by atoms with Gasteiger partial charge in [-0.25, -0.2) is 4.98 Å². The Morgan fingerprint density at radius 3 is 2.34 bits per heavy atom. The lowest BCUT2D eigenvalue weighted by Crippen LogP contribution is -2.47. The van der Waals surface area contributed by atoms with Crippen molar-refractivity contribution in [2.24, 2.45) is 5.92 Å². The number of rotatable bonds is 7. The average molecular weight is 393 g/mol. The normalized spacial score (nSPS) is 13.3. The molecule has 2 aromatic carbocycles. The second-order valence-corrected chi connectivity index (χ2v) is 7.71. The number of carbonyl (C=O) groups is 2. The first-order valence-corrected chi connectivity index (χ1v) is 10.1. The van der Waals surface area contributed by atoms with Crippen LogP contribution < -0.4 is 10.6 Å². The molecule has 0 aliphatic rings. The van der Waals surface area contributed by atoms with E-state index in [0.29, 0.717) is 17.4 Å². The number of benzene rings is 2. The third kappa shape index (κ3) is 4.83. The third-order valence-electron chi connectivity index (χ3n) is 5.25. The molecule has 0 unspecified atom stereocenters. The van der Waals surface area contributed by atoms with Crippen LogP contribution in [0, 0.1) is 5.92 Å². The van der Waals surface area contributed by atoms with Crippen LogP contribution in [0.5, 0.6) is 0 Å². The van der Waals surface area contributed by atoms with Crippen molar-refractivity contribution in [2.45, 2.75) is 46.1 Å². The Labute approximate surface area is 171 Å². The van der Waals surface area contributed by atoms with Gasteiger partial charge in [-0.3, -0.25) is 14.9 Å². The Hall–Kier alpha value is -3.15. The molecule has 0 bridgehead atoms. The van der Waals surface area contributed by atoms with Crippen molar-refractivity contribution in [3.05, 3.63) is 59.7 Å². The van der Waals surface area contributed by atoms with Crippen molar-refractivity contribution in [1.82, 2.24) is 15.3 Å². The summed E-state index contributed by atoms with van der Waals surface area (Å²) in [5, 5.41) is 5.70. The first kappa shape index (κ1) is 20.6. The molecular formula is C23H28N4O2. The van der Waals surface area contributed by atoms with E-state index in [1.54, 1.807) is 12.1 Å². The minimum absolute atomic E-state index is 0.0294. The van der Waals surface area contributed by atoms with Crippen molar-refractivity contribution < 1.29 is 9.59 Å². The van der Waals surface area contributed by atoms with E-state index in [-0.39, 0.29) is 17.7 Å². The molecule has 29 heavy (non-hydrogen) atoms. The Kier molecular flexibility index (Phi) is 6.32. The quantitative estimate of drug-likeness (QED) is 0.554. The fourth-order valence-corrected chi connectivity index (χ4v) is 3.15. The third-order valence-corrected chi connectivity index (χ3v) is 5.25. The molecule has 2 atom stereocenters. The lowest BCUT2D eigenvalue weighted by Gasteiger charge is -2.23. The van der Waals surface area contributed by atoms with Crippen LogP contribution in [0.15, 0.2) is 48.5 Å². The molecular weight excluding hydrogens is 364 g/mol. The number of H-pyrrole nitrogens is 1. The lowest BCUT2D eigenvalue weighted by molar-refractivity contribution is -0.119. The number of imidazole rings is 1. The van der Waals surface area contributed by atoms with Gasteiger partial charge in [0.2, 0.25) is 11.9 Å². The molecule has 0 saturated heterocycles. The summed E-state index contributed by atoms with van der Waals surface area (Å²) in [6, 6.07) is 14.4. The molecule has 1 heterocycles. The van der Waals surface area contributed by atoms with E-state index in [2.05, 4.69) is 34.4 Å². The molecule has 2 amide bonds. The van der Waals surface area contributed by atoms with E-state index in [9.17, 15) is 9.59 Å². The minimum Gasteiger partial charge on any atom is -0.340 e. The van der Waals surface area contributed by atoms with E-state index in [4.69, 9.17) is 0 Å². The van der Waals surface area contributed by atoms with E-state index in [1.807, 2.05) is 50.2 Å². The number of aromatic nitrogens is 2. The maximum Gasteiger partial charge on any atom is 0.251 e. The van der Waals surface area contributed by atoms with Crippen molar-refractivity contribution in [3.8, 4) is 0 Å². The molecule has 3 aromatic rings. The summed E-state index contributed by atoms with van der Waals surface area (Å²) in [4.78, 5) is 33.1. The fourth-order valence-electron chi connectivity index (χ4n) is 3.15. The van der Waals surface area contributed by atoms with Crippen LogP contribution in [0.2, 0.25) is 0 Å². The van der Waals surface area contributed by atoms with Crippen molar-refractivity contribution in [1.29, 1.82) is 0 Å². The molecule has 152 valence electrons. The standard InChI is InChI=1S/C23H28N4O2/c1-5-15(4)20(26-21(28)17-12-10-16(11-13-17)14(2)3)22(29)27-23-24-18-8-6-7-9-19(18)25-23/h6-15,20H,5H2,1-4H3,(H,26,28)(H2,24,25,27,29)/t15-,20-/m1/s1. The number of amides is 2. The predicted molar refractivity (Wildman–Crippen MR) is 116 cm³/mol. The zero-order chi connectivity index (χ0) is 21.0. The van der Waals surface area contributed by atoms with Crippen LogP contribution in [-0.4, -0.2) is 27.8 Å². The summed E-state index contributed by atoms with van der Waals surface area (Å²) in [6.07, 6.45) is 0.755. The Morgan fingerprint density at radius 1 is 1.03 bits per heavy atom. The number of carbonyl (C=O) groups excluding carboxylic acids is 2. The van der Waals surface area contributed by atoms with E-state index in [1.165, 1.54) is 5.56 Å². The molecule has 0 aliphatic heterocycles. The topological polar surface area (TPSA) is 86.9 Å². The summed E-state index contributed by atoms with van der Waals surface area (Å²) < 4.78 is 0. The fraction of sp³-hybridized carbons (Fsp3) is 0.348. The number of aromatic amines is 1. The van der Waals surface area contributed by atoms with Gasteiger partial charge in [0.25, 0.3) is 5.91 Å². The second-order valence-electron chi connectivity index (χ2n) is 7.71. The van der Waals surface area contributed by atoms with Gasteiger partial charge >= 0.3 is 0 Å². The maximum atomic E-state index is 12.9. The number of nitrogens with zero attached hydrogens (tertiary/aromatic N) is 1. The molecule has 0 saturated carbocycles. The lowest BCUT2D eigenvalue weighted by atomic mass is 9.97. The second kappa shape index (κ2) is 8.90. The van der Waals surface area contributed by atoms with Crippen molar-refractivity contribution in [2.75, 3.05) is 5.32 Å². The zero-order valence-electron chi connectivity index (χ0n) is 17.3. The summed E-state index contributed by atoms with van der Waals surface area (Å²) >= 11 is 0. The van der Waals surface area contributed by atoms with E-state index >= 15 is 0 Å².